The van der Waals surface area contributed by atoms with Gasteiger partial charge in [0.25, 0.3) is 0 Å². The van der Waals surface area contributed by atoms with Crippen LogP contribution in [0.2, 0.25) is 0 Å². The Labute approximate surface area is 384 Å². The van der Waals surface area contributed by atoms with E-state index in [1.54, 1.807) is 17.7 Å². The first-order valence-corrected chi connectivity index (χ1v) is 22.9. The number of H-pyrrole nitrogens is 2. The van der Waals surface area contributed by atoms with Gasteiger partial charge in [0.15, 0.2) is 17.9 Å². The molecule has 0 aliphatic carbocycles. The van der Waals surface area contributed by atoms with Crippen LogP contribution >= 0.6 is 0 Å². The minimum atomic E-state index is -0.756. The monoisotopic (exact) mass is 908 g/mol. The van der Waals surface area contributed by atoms with Crippen LogP contribution in [0, 0.1) is 11.8 Å². The van der Waals surface area contributed by atoms with Crippen molar-refractivity contribution >= 4 is 34.8 Å². The van der Waals surface area contributed by atoms with Gasteiger partial charge in [-0.1, -0.05) is 48.5 Å². The van der Waals surface area contributed by atoms with E-state index < -0.39 is 30.3 Å². The van der Waals surface area contributed by atoms with Crippen LogP contribution < -0.4 is 31.9 Å². The van der Waals surface area contributed by atoms with E-state index in [2.05, 4.69) is 97.2 Å². The van der Waals surface area contributed by atoms with Crippen molar-refractivity contribution in [3.05, 3.63) is 84.7 Å². The molecular weight excluding hydrogens is 845 g/mol. The minimum absolute atomic E-state index is 0.0494. The van der Waals surface area contributed by atoms with E-state index in [1.807, 2.05) is 14.1 Å². The molecule has 10 N–H and O–H groups in total. The van der Waals surface area contributed by atoms with Crippen molar-refractivity contribution in [2.24, 2.45) is 11.8 Å². The molecule has 3 aromatic carbocycles. The lowest BCUT2D eigenvalue weighted by molar-refractivity contribution is -0.627. The lowest BCUT2D eigenvalue weighted by atomic mass is 9.91. The largest absolute Gasteiger partial charge is 0.453 e. The molecule has 4 atom stereocenters. The van der Waals surface area contributed by atoms with Crippen molar-refractivity contribution in [2.75, 3.05) is 67.8 Å². The van der Waals surface area contributed by atoms with E-state index in [9.17, 15) is 19.2 Å². The van der Waals surface area contributed by atoms with Gasteiger partial charge in [0.1, 0.15) is 11.9 Å². The summed E-state index contributed by atoms with van der Waals surface area (Å²) in [7, 11) is 6.44. The van der Waals surface area contributed by atoms with Gasteiger partial charge in [-0.2, -0.15) is 0 Å². The summed E-state index contributed by atoms with van der Waals surface area (Å²) in [5.74, 6) is 0.743. The van der Waals surface area contributed by atoms with Crippen LogP contribution in [0.1, 0.15) is 62.3 Å². The van der Waals surface area contributed by atoms with E-state index in [-0.39, 0.29) is 29.7 Å². The van der Waals surface area contributed by atoms with Crippen molar-refractivity contribution in [2.45, 2.75) is 62.7 Å². The molecule has 0 bridgehead atoms. The molecule has 2 fully saturated rings. The van der Waals surface area contributed by atoms with E-state index in [1.165, 1.54) is 14.2 Å². The summed E-state index contributed by atoms with van der Waals surface area (Å²) in [6.07, 6.45) is 6.24. The second-order valence-electron chi connectivity index (χ2n) is 17.0. The fraction of sp³-hybridized carbons (Fsp3) is 0.458. The molecule has 5 aromatic rings. The number of hydrogen-bond acceptors (Lipinski definition) is 11. The van der Waals surface area contributed by atoms with Gasteiger partial charge in [-0.25, -0.2) is 24.4 Å². The molecule has 4 heterocycles. The number of aromatic amines is 2. The molecule has 2 aliphatic heterocycles. The van der Waals surface area contributed by atoms with Gasteiger partial charge in [-0.3, -0.25) is 10.1 Å². The number of aromatic nitrogens is 4. The third-order valence-electron chi connectivity index (χ3n) is 12.7. The third-order valence-corrected chi connectivity index (χ3v) is 12.7. The van der Waals surface area contributed by atoms with Gasteiger partial charge in [-0.15, -0.1) is 0 Å². The summed E-state index contributed by atoms with van der Waals surface area (Å²) < 4.78 is 20.7. The van der Waals surface area contributed by atoms with Crippen LogP contribution in [0.4, 0.5) is 9.59 Å². The zero-order valence-electron chi connectivity index (χ0n) is 38.2. The first-order valence-electron chi connectivity index (χ1n) is 22.9. The lowest BCUT2D eigenvalue weighted by Crippen LogP contribution is -2.92. The zero-order valence-corrected chi connectivity index (χ0v) is 38.2. The van der Waals surface area contributed by atoms with E-state index in [4.69, 9.17) is 28.9 Å². The molecular formula is C48H64N10O8+2. The Morgan fingerprint density at radius 2 is 1.23 bits per heavy atom. The second kappa shape index (κ2) is 23.3. The van der Waals surface area contributed by atoms with Gasteiger partial charge in [0, 0.05) is 51.4 Å². The number of ether oxygens (including phenoxy) is 4. The number of methoxy groups -OCH3 is 2. The number of quaternary nitrogens is 2. The van der Waals surface area contributed by atoms with Crippen molar-refractivity contribution in [1.82, 2.24) is 41.2 Å². The number of carbonyl (C=O) groups excluding carboxylic acids is 4. The normalized spacial score (nSPS) is 16.5. The van der Waals surface area contributed by atoms with E-state index >= 15 is 0 Å². The van der Waals surface area contributed by atoms with Crippen molar-refractivity contribution < 1.29 is 48.8 Å². The number of nitrogens with one attached hydrogen (secondary N) is 6. The first-order chi connectivity index (χ1) is 32.2. The lowest BCUT2D eigenvalue weighted by Gasteiger charge is -2.30. The maximum Gasteiger partial charge on any atom is 0.407 e. The smallest absolute Gasteiger partial charge is 0.407 e. The van der Waals surface area contributed by atoms with Crippen LogP contribution in [0.15, 0.2) is 73.1 Å². The van der Waals surface area contributed by atoms with Crippen LogP contribution in [0.3, 0.4) is 0 Å². The summed E-state index contributed by atoms with van der Waals surface area (Å²) >= 11 is 0. The number of rotatable bonds is 19. The van der Waals surface area contributed by atoms with Crippen molar-refractivity contribution in [3.63, 3.8) is 0 Å². The highest BCUT2D eigenvalue weighted by Gasteiger charge is 2.37. The minimum Gasteiger partial charge on any atom is -0.453 e. The van der Waals surface area contributed by atoms with Crippen LogP contribution in [0.25, 0.3) is 44.4 Å². The Kier molecular flexibility index (Phi) is 16.9. The highest BCUT2D eigenvalue weighted by atomic mass is 16.5. The molecule has 0 radical (unpaired) electrons. The van der Waals surface area contributed by atoms with Gasteiger partial charge in [0.05, 0.1) is 57.6 Å². The molecule has 0 unspecified atom stereocenters. The summed E-state index contributed by atoms with van der Waals surface area (Å²) in [4.78, 5) is 68.3. The highest BCUT2D eigenvalue weighted by Crippen LogP contribution is 2.31. The Hall–Kier alpha value is -6.18. The van der Waals surface area contributed by atoms with Gasteiger partial charge >= 0.3 is 18.1 Å². The Morgan fingerprint density at radius 3 is 1.85 bits per heavy atom. The summed E-state index contributed by atoms with van der Waals surface area (Å²) in [5.41, 5.74) is 5.71. The molecule has 352 valence electrons. The second-order valence-corrected chi connectivity index (χ2v) is 17.0. The number of primary amides is 1. The highest BCUT2D eigenvalue weighted by molar-refractivity contribution is 5.91. The number of amides is 4. The fourth-order valence-electron chi connectivity index (χ4n) is 8.83. The number of nitrogens with zero attached hydrogens (tertiary/aromatic N) is 2. The number of alkyl carbamates (subject to hydrolysis) is 2. The Balaban J connectivity index is 1.02. The molecule has 7 rings (SSSR count). The van der Waals surface area contributed by atoms with Crippen LogP contribution in [-0.4, -0.2) is 124 Å². The van der Waals surface area contributed by atoms with Crippen molar-refractivity contribution in [3.8, 4) is 33.6 Å². The van der Waals surface area contributed by atoms with Crippen LogP contribution in [-0.2, 0) is 28.5 Å². The average Bonchev–Trinajstić information content (AvgIpc) is 4.07. The third kappa shape index (κ3) is 12.2. The van der Waals surface area contributed by atoms with Gasteiger partial charge < -0.3 is 55.5 Å². The molecule has 18 nitrogen and oxygen atoms in total. The predicted octanol–water partition coefficient (Wildman–Crippen LogP) is 3.07. The van der Waals surface area contributed by atoms with Gasteiger partial charge in [0.2, 0.25) is 5.91 Å². The Bertz CT molecular complexity index is 2390. The number of imidazole rings is 2. The molecule has 0 saturated carbocycles. The number of benzene rings is 3. The average molecular weight is 909 g/mol. The summed E-state index contributed by atoms with van der Waals surface area (Å²) in [6.45, 7) is 3.58. The molecule has 2 aliphatic rings. The number of carbonyl (C=O) groups is 4. The van der Waals surface area contributed by atoms with Crippen molar-refractivity contribution in [1.29, 1.82) is 0 Å². The summed E-state index contributed by atoms with van der Waals surface area (Å²) in [6, 6.07) is 18.8. The maximum atomic E-state index is 13.8. The quantitative estimate of drug-likeness (QED) is 0.0599. The number of nitrogens with two attached hydrogens (primary N) is 2. The predicted molar refractivity (Wildman–Crippen MR) is 247 cm³/mol. The zero-order chi connectivity index (χ0) is 46.4. The number of hydrogen-bond donors (Lipinski definition) is 8. The van der Waals surface area contributed by atoms with Crippen LogP contribution in [0.5, 0.6) is 0 Å². The molecule has 0 spiro atoms. The standard InChI is InChI=1S/C48H62N10O8/c1-49-19-13-37(55-45(59)41(57-47(61)63-3)31-15-21-65-22-16-31)43-51-27-39(53-43)30-7-5-29(6-8-30)33-9-10-35-26-36(12-11-34(35)25-33)40-28-52-44(54-40)38(14-20-50-2)56-46(60)42(58-48(62)64-4)32-17-23-66-24-18-32/h5-12,25-28,31-32,37-38,41-42,49-50H,13-24H2,1-4H3,(H,51,53)(H,52,54)(H,55,59)(H,56,60)(H,57,61)(H,58,62)/p+2/t37-,38-,41+,42+/m0/s1. The fourth-order valence-corrected chi connectivity index (χ4v) is 8.83. The first kappa shape index (κ1) is 47.8. The SMILES string of the molecule is CNCC[C@H]([NH2+]C(=O)[C@H](NC(=O)OC)C1CCOCC1)c1ncc(-c2ccc(-c3ccc4cc(-c5cnc([C@H](CC[NH2+]C)NC(=O)[C@H](NC(=O)OC)C6CCOCC6)[nH]5)ccc4c3)cc2)[nH]1. The van der Waals surface area contributed by atoms with Gasteiger partial charge in [-0.05, 0) is 84.2 Å². The van der Waals surface area contributed by atoms with E-state index in [0.717, 1.165) is 51.0 Å². The maximum absolute atomic E-state index is 13.8. The van der Waals surface area contributed by atoms with E-state index in [0.29, 0.717) is 83.1 Å². The molecule has 4 amide bonds. The number of fused-ring (bicyclic) bond motifs is 1. The molecule has 18 heteroatoms. The topological polar surface area (TPSA) is 244 Å². The molecule has 66 heavy (non-hydrogen) atoms. The molecule has 2 saturated heterocycles. The summed E-state index contributed by atoms with van der Waals surface area (Å²) in [5, 5.41) is 17.7. The molecule has 2 aromatic heterocycles. The Morgan fingerprint density at radius 1 is 0.697 bits per heavy atom.